The monoisotopic (exact) mass is 227 g/mol. The van der Waals surface area contributed by atoms with Crippen molar-refractivity contribution in [1.29, 1.82) is 0 Å². The summed E-state index contributed by atoms with van der Waals surface area (Å²) >= 11 is 0. The minimum Gasteiger partial charge on any atom is -0.388 e. The van der Waals surface area contributed by atoms with E-state index in [1.54, 1.807) is 0 Å². The van der Waals surface area contributed by atoms with Gasteiger partial charge in [-0.15, -0.1) is 12.4 Å². The lowest BCUT2D eigenvalue weighted by Crippen LogP contribution is -2.57. The lowest BCUT2D eigenvalue weighted by Gasteiger charge is -2.51. The van der Waals surface area contributed by atoms with Crippen LogP contribution in [0, 0.1) is 47.3 Å². The topological polar surface area (TPSA) is 46.2 Å². The van der Waals surface area contributed by atoms with E-state index in [1.807, 2.05) is 0 Å². The van der Waals surface area contributed by atoms with Crippen LogP contribution in [0.25, 0.3) is 0 Å². The van der Waals surface area contributed by atoms with Crippen LogP contribution < -0.4 is 5.73 Å². The fraction of sp³-hybridized carbons (Fsp3) is 1.00. The molecule has 5 aliphatic rings. The second-order valence-electron chi connectivity index (χ2n) is 6.53. The van der Waals surface area contributed by atoms with E-state index >= 15 is 0 Å². The van der Waals surface area contributed by atoms with Crippen LogP contribution in [0.15, 0.2) is 0 Å². The zero-order valence-corrected chi connectivity index (χ0v) is 9.49. The smallest absolute Gasteiger partial charge is 0.0836 e. The zero-order valence-electron chi connectivity index (χ0n) is 8.67. The van der Waals surface area contributed by atoms with Crippen molar-refractivity contribution in [1.82, 2.24) is 0 Å². The van der Waals surface area contributed by atoms with Gasteiger partial charge in [0.05, 0.1) is 5.60 Å². The van der Waals surface area contributed by atoms with Crippen molar-refractivity contribution in [2.45, 2.75) is 18.4 Å². The Morgan fingerprint density at radius 2 is 1.67 bits per heavy atom. The van der Waals surface area contributed by atoms with Gasteiger partial charge in [0.15, 0.2) is 0 Å². The Kier molecular flexibility index (Phi) is 1.39. The van der Waals surface area contributed by atoms with E-state index in [1.165, 1.54) is 12.8 Å². The number of rotatable bonds is 1. The van der Waals surface area contributed by atoms with E-state index in [2.05, 4.69) is 0 Å². The first kappa shape index (κ1) is 9.26. The second-order valence-corrected chi connectivity index (χ2v) is 6.53. The fourth-order valence-electron chi connectivity index (χ4n) is 7.00. The Labute approximate surface area is 96.0 Å². The molecule has 9 unspecified atom stereocenters. The van der Waals surface area contributed by atoms with Crippen molar-refractivity contribution < 1.29 is 5.11 Å². The summed E-state index contributed by atoms with van der Waals surface area (Å²) in [6.07, 6.45) is 2.89. The van der Waals surface area contributed by atoms with Gasteiger partial charge >= 0.3 is 0 Å². The highest BCUT2D eigenvalue weighted by Crippen LogP contribution is 2.85. The predicted molar refractivity (Wildman–Crippen MR) is 58.4 cm³/mol. The van der Waals surface area contributed by atoms with E-state index in [9.17, 15) is 5.11 Å². The Bertz CT molecular complexity index is 343. The molecule has 5 aliphatic carbocycles. The molecular formula is C12H18ClNO. The van der Waals surface area contributed by atoms with Crippen molar-refractivity contribution in [2.24, 2.45) is 53.1 Å². The Balaban J connectivity index is 0.000000648. The van der Waals surface area contributed by atoms with Crippen LogP contribution in [0.2, 0.25) is 0 Å². The van der Waals surface area contributed by atoms with Gasteiger partial charge in [0.2, 0.25) is 0 Å². The van der Waals surface area contributed by atoms with Crippen molar-refractivity contribution in [3.05, 3.63) is 0 Å². The molecule has 2 bridgehead atoms. The van der Waals surface area contributed by atoms with Crippen LogP contribution in [0.1, 0.15) is 12.8 Å². The first-order valence-corrected chi connectivity index (χ1v) is 6.20. The normalized spacial score (nSPS) is 74.8. The summed E-state index contributed by atoms with van der Waals surface area (Å²) in [4.78, 5) is 0. The molecule has 9 atom stereocenters. The van der Waals surface area contributed by atoms with E-state index in [-0.39, 0.29) is 12.4 Å². The van der Waals surface area contributed by atoms with E-state index in [0.717, 1.165) is 35.5 Å². The summed E-state index contributed by atoms with van der Waals surface area (Å²) in [5.74, 6) is 6.82. The molecule has 0 aromatic heterocycles. The van der Waals surface area contributed by atoms with Crippen LogP contribution in [-0.2, 0) is 0 Å². The lowest BCUT2D eigenvalue weighted by molar-refractivity contribution is -0.123. The first-order chi connectivity index (χ1) is 6.77. The van der Waals surface area contributed by atoms with E-state index in [0.29, 0.717) is 18.4 Å². The Morgan fingerprint density at radius 3 is 2.40 bits per heavy atom. The summed E-state index contributed by atoms with van der Waals surface area (Å²) in [6.45, 7) is 0.530. The van der Waals surface area contributed by atoms with Crippen molar-refractivity contribution in [3.63, 3.8) is 0 Å². The number of fused-ring (bicyclic) bond motifs is 2. The highest BCUT2D eigenvalue weighted by molar-refractivity contribution is 5.85. The average Bonchev–Trinajstić information content (AvgIpc) is 2.63. The van der Waals surface area contributed by atoms with E-state index < -0.39 is 5.60 Å². The summed E-state index contributed by atoms with van der Waals surface area (Å²) in [5.41, 5.74) is 5.43. The summed E-state index contributed by atoms with van der Waals surface area (Å²) < 4.78 is 0. The molecule has 0 saturated heterocycles. The van der Waals surface area contributed by atoms with Gasteiger partial charge in [-0.05, 0) is 60.2 Å². The molecule has 15 heavy (non-hydrogen) atoms. The summed E-state index contributed by atoms with van der Waals surface area (Å²) in [7, 11) is 0. The van der Waals surface area contributed by atoms with Crippen LogP contribution in [-0.4, -0.2) is 17.3 Å². The lowest BCUT2D eigenvalue weighted by atomic mass is 9.56. The molecule has 0 heterocycles. The molecule has 84 valence electrons. The Hall–Kier alpha value is 0.210. The van der Waals surface area contributed by atoms with Gasteiger partial charge in [-0.2, -0.15) is 0 Å². The molecule has 0 amide bonds. The molecule has 3 N–H and O–H groups in total. The third-order valence-electron chi connectivity index (χ3n) is 6.85. The van der Waals surface area contributed by atoms with Crippen LogP contribution in [0.5, 0.6) is 0 Å². The maximum absolute atomic E-state index is 10.7. The first-order valence-electron chi connectivity index (χ1n) is 6.20. The van der Waals surface area contributed by atoms with Crippen molar-refractivity contribution >= 4 is 12.4 Å². The Morgan fingerprint density at radius 1 is 1.00 bits per heavy atom. The second kappa shape index (κ2) is 2.25. The highest BCUT2D eigenvalue weighted by atomic mass is 35.5. The number of hydrogen-bond donors (Lipinski definition) is 2. The molecule has 2 nitrogen and oxygen atoms in total. The van der Waals surface area contributed by atoms with Crippen molar-refractivity contribution in [3.8, 4) is 0 Å². The van der Waals surface area contributed by atoms with E-state index in [4.69, 9.17) is 5.73 Å². The van der Waals surface area contributed by atoms with Crippen LogP contribution >= 0.6 is 12.4 Å². The molecule has 0 aromatic carbocycles. The van der Waals surface area contributed by atoms with Gasteiger partial charge in [0, 0.05) is 6.54 Å². The third-order valence-corrected chi connectivity index (χ3v) is 6.85. The van der Waals surface area contributed by atoms with Gasteiger partial charge in [-0.1, -0.05) is 0 Å². The highest BCUT2D eigenvalue weighted by Gasteiger charge is 2.84. The van der Waals surface area contributed by atoms with Crippen LogP contribution in [0.4, 0.5) is 0 Å². The molecular weight excluding hydrogens is 210 g/mol. The maximum Gasteiger partial charge on any atom is 0.0836 e. The molecule has 5 rings (SSSR count). The quantitative estimate of drug-likeness (QED) is 0.699. The molecule has 5 fully saturated rings. The van der Waals surface area contributed by atoms with Gasteiger partial charge in [0.1, 0.15) is 0 Å². The molecule has 0 spiro atoms. The minimum absolute atomic E-state index is 0. The van der Waals surface area contributed by atoms with Gasteiger partial charge < -0.3 is 10.8 Å². The zero-order chi connectivity index (χ0) is 9.24. The predicted octanol–water partition coefficient (Wildman–Crippen LogP) is 0.876. The standard InChI is InChI=1S/C12H17NO.ClH/c13-3-12(14)10-5-2-6-8-4(5)1-7(10)9(8)11(6)12;/h4-11,14H,1-3,13H2;1H. The molecule has 0 aromatic rings. The SMILES string of the molecule is Cl.NCC1(O)C2C3CC4C5C3CC2C5C41. The molecule has 0 aliphatic heterocycles. The minimum atomic E-state index is -0.426. The van der Waals surface area contributed by atoms with Gasteiger partial charge in [0.25, 0.3) is 0 Å². The molecule has 0 radical (unpaired) electrons. The molecule has 3 heteroatoms. The van der Waals surface area contributed by atoms with Gasteiger partial charge in [-0.25, -0.2) is 0 Å². The molecule has 5 saturated carbocycles. The number of aliphatic hydroxyl groups is 1. The van der Waals surface area contributed by atoms with Gasteiger partial charge in [-0.3, -0.25) is 0 Å². The number of nitrogens with two attached hydrogens (primary N) is 1. The summed E-state index contributed by atoms with van der Waals surface area (Å²) in [6, 6.07) is 0. The van der Waals surface area contributed by atoms with Crippen LogP contribution in [0.3, 0.4) is 0 Å². The average molecular weight is 228 g/mol. The van der Waals surface area contributed by atoms with Crippen molar-refractivity contribution in [2.75, 3.05) is 6.54 Å². The number of halogens is 1. The largest absolute Gasteiger partial charge is 0.388 e. The fourth-order valence-corrected chi connectivity index (χ4v) is 7.00. The maximum atomic E-state index is 10.7. The summed E-state index contributed by atoms with van der Waals surface area (Å²) in [5, 5.41) is 10.7. The third kappa shape index (κ3) is 0.604. The number of hydrogen-bond acceptors (Lipinski definition) is 2.